The number of halogens is 3. The number of benzene rings is 1. The van der Waals surface area contributed by atoms with Crippen molar-refractivity contribution in [3.8, 4) is 0 Å². The van der Waals surface area contributed by atoms with Crippen molar-refractivity contribution in [3.63, 3.8) is 0 Å². The Morgan fingerprint density at radius 3 is 2.27 bits per heavy atom. The second kappa shape index (κ2) is 6.71. The first kappa shape index (κ1) is 18.4. The van der Waals surface area contributed by atoms with Crippen LogP contribution in [0, 0.1) is 0 Å². The van der Waals surface area contributed by atoms with Crippen molar-refractivity contribution < 1.29 is 26.4 Å². The first-order valence-electron chi connectivity index (χ1n) is 7.89. The summed E-state index contributed by atoms with van der Waals surface area (Å²) in [4.78, 5) is 15.5. The smallest absolute Gasteiger partial charge is 0.321 e. The summed E-state index contributed by atoms with van der Waals surface area (Å²) in [6.07, 6.45) is 5.62. The third kappa shape index (κ3) is 3.57. The van der Waals surface area contributed by atoms with Gasteiger partial charge in [0.2, 0.25) is 0 Å². The number of aromatic nitrogens is 1. The van der Waals surface area contributed by atoms with Crippen LogP contribution in [0.5, 0.6) is 0 Å². The zero-order valence-electron chi connectivity index (χ0n) is 13.5. The van der Waals surface area contributed by atoms with Gasteiger partial charge >= 0.3 is 5.51 Å². The highest BCUT2D eigenvalue weighted by Crippen LogP contribution is 2.30. The molecule has 5 nitrogen and oxygen atoms in total. The molecule has 1 aromatic heterocycles. The van der Waals surface area contributed by atoms with Crippen LogP contribution in [0.3, 0.4) is 0 Å². The standard InChI is InChI=1S/C17H15F3N2O3S/c18-17(19,20)26(24,25)14-7-5-13(6-8-14)22-16(23)15-9-11-3-1-2-4-12(11)10-21-15/h5-10H,1-4H2,(H,22,23). The minimum absolute atomic E-state index is 0.177. The van der Waals surface area contributed by atoms with Gasteiger partial charge < -0.3 is 5.32 Å². The van der Waals surface area contributed by atoms with Gasteiger partial charge in [-0.3, -0.25) is 9.78 Å². The lowest BCUT2D eigenvalue weighted by Crippen LogP contribution is -2.23. The Balaban J connectivity index is 1.76. The number of alkyl halides is 3. The number of carbonyl (C=O) groups excluding carboxylic acids is 1. The Kier molecular flexibility index (Phi) is 4.74. The van der Waals surface area contributed by atoms with Crippen molar-refractivity contribution in [2.75, 3.05) is 5.32 Å². The fourth-order valence-electron chi connectivity index (χ4n) is 2.78. The maximum Gasteiger partial charge on any atom is 0.501 e. The lowest BCUT2D eigenvalue weighted by molar-refractivity contribution is -0.0436. The van der Waals surface area contributed by atoms with Crippen LogP contribution in [-0.4, -0.2) is 24.8 Å². The van der Waals surface area contributed by atoms with Gasteiger partial charge in [-0.1, -0.05) is 0 Å². The van der Waals surface area contributed by atoms with Crippen LogP contribution >= 0.6 is 0 Å². The van der Waals surface area contributed by atoms with E-state index in [0.29, 0.717) is 0 Å². The van der Waals surface area contributed by atoms with Crippen molar-refractivity contribution in [1.82, 2.24) is 4.98 Å². The van der Waals surface area contributed by atoms with E-state index in [1.807, 2.05) is 0 Å². The lowest BCUT2D eigenvalue weighted by atomic mass is 9.93. The van der Waals surface area contributed by atoms with E-state index in [-0.39, 0.29) is 11.4 Å². The molecule has 1 aromatic carbocycles. The molecular formula is C17H15F3N2O3S. The number of nitrogens with zero attached hydrogens (tertiary/aromatic N) is 1. The van der Waals surface area contributed by atoms with Gasteiger partial charge in [0.25, 0.3) is 15.7 Å². The summed E-state index contributed by atoms with van der Waals surface area (Å²) in [5, 5.41) is 2.50. The van der Waals surface area contributed by atoms with Crippen molar-refractivity contribution in [3.05, 3.63) is 53.3 Å². The van der Waals surface area contributed by atoms with Gasteiger partial charge in [0.05, 0.1) is 4.90 Å². The minimum atomic E-state index is -5.41. The largest absolute Gasteiger partial charge is 0.501 e. The average molecular weight is 384 g/mol. The number of pyridine rings is 1. The fourth-order valence-corrected chi connectivity index (χ4v) is 3.55. The number of amides is 1. The Morgan fingerprint density at radius 1 is 1.04 bits per heavy atom. The molecule has 1 aliphatic rings. The third-order valence-electron chi connectivity index (χ3n) is 4.18. The first-order valence-corrected chi connectivity index (χ1v) is 9.37. The number of hydrogen-bond acceptors (Lipinski definition) is 4. The van der Waals surface area contributed by atoms with Gasteiger partial charge in [-0.25, -0.2) is 8.42 Å². The van der Waals surface area contributed by atoms with Gasteiger partial charge in [-0.2, -0.15) is 13.2 Å². The van der Waals surface area contributed by atoms with Crippen molar-refractivity contribution in [1.29, 1.82) is 0 Å². The minimum Gasteiger partial charge on any atom is -0.321 e. The summed E-state index contributed by atoms with van der Waals surface area (Å²) >= 11 is 0. The molecule has 3 rings (SSSR count). The molecule has 2 aromatic rings. The summed E-state index contributed by atoms with van der Waals surface area (Å²) in [6.45, 7) is 0. The Bertz CT molecular complexity index is 939. The molecule has 26 heavy (non-hydrogen) atoms. The molecule has 0 saturated heterocycles. The Hall–Kier alpha value is -2.42. The van der Waals surface area contributed by atoms with Gasteiger partial charge in [0.15, 0.2) is 0 Å². The second-order valence-corrected chi connectivity index (χ2v) is 7.91. The summed E-state index contributed by atoms with van der Waals surface area (Å²) in [5.41, 5.74) is -2.80. The number of aryl methyl sites for hydroxylation is 2. The highest BCUT2D eigenvalue weighted by Gasteiger charge is 2.46. The summed E-state index contributed by atoms with van der Waals surface area (Å²) in [6, 6.07) is 5.54. The summed E-state index contributed by atoms with van der Waals surface area (Å²) in [7, 11) is -5.41. The topological polar surface area (TPSA) is 76.1 Å². The van der Waals surface area contributed by atoms with E-state index in [1.54, 1.807) is 12.3 Å². The second-order valence-electron chi connectivity index (χ2n) is 5.97. The third-order valence-corrected chi connectivity index (χ3v) is 5.69. The molecule has 0 fully saturated rings. The number of rotatable bonds is 3. The zero-order chi connectivity index (χ0) is 18.9. The van der Waals surface area contributed by atoms with Crippen LogP contribution in [0.15, 0.2) is 41.4 Å². The molecule has 0 spiro atoms. The summed E-state index contributed by atoms with van der Waals surface area (Å²) < 4.78 is 60.2. The predicted octanol–water partition coefficient (Wildman–Crippen LogP) is 3.51. The van der Waals surface area contributed by atoms with E-state index in [0.717, 1.165) is 61.1 Å². The molecule has 1 amide bonds. The normalized spacial score (nSPS) is 14.6. The highest BCUT2D eigenvalue weighted by molar-refractivity contribution is 7.92. The molecular weight excluding hydrogens is 369 g/mol. The van der Waals surface area contributed by atoms with Crippen LogP contribution in [0.25, 0.3) is 0 Å². The maximum absolute atomic E-state index is 12.5. The van der Waals surface area contributed by atoms with Gasteiger partial charge in [-0.15, -0.1) is 0 Å². The van der Waals surface area contributed by atoms with Crippen molar-refractivity contribution in [2.24, 2.45) is 0 Å². The molecule has 0 bridgehead atoms. The molecule has 138 valence electrons. The number of carbonyl (C=O) groups is 1. The average Bonchev–Trinajstić information content (AvgIpc) is 2.60. The molecule has 1 aliphatic carbocycles. The molecule has 0 radical (unpaired) electrons. The van der Waals surface area contributed by atoms with E-state index in [2.05, 4.69) is 10.3 Å². The maximum atomic E-state index is 12.5. The van der Waals surface area contributed by atoms with Crippen molar-refractivity contribution >= 4 is 21.4 Å². The van der Waals surface area contributed by atoms with Crippen LogP contribution in [-0.2, 0) is 22.7 Å². The Morgan fingerprint density at radius 2 is 1.65 bits per heavy atom. The number of hydrogen-bond donors (Lipinski definition) is 1. The Labute approximate surface area is 148 Å². The van der Waals surface area contributed by atoms with E-state index >= 15 is 0 Å². The van der Waals surface area contributed by atoms with Crippen molar-refractivity contribution in [2.45, 2.75) is 36.1 Å². The molecule has 1 N–H and O–H groups in total. The van der Waals surface area contributed by atoms with E-state index < -0.39 is 26.1 Å². The fraction of sp³-hybridized carbons (Fsp3) is 0.294. The molecule has 0 atom stereocenters. The van der Waals surface area contributed by atoms with Gasteiger partial charge in [0, 0.05) is 11.9 Å². The van der Waals surface area contributed by atoms with E-state index in [4.69, 9.17) is 0 Å². The summed E-state index contributed by atoms with van der Waals surface area (Å²) in [5.74, 6) is -0.509. The van der Waals surface area contributed by atoms with Gasteiger partial charge in [0.1, 0.15) is 5.69 Å². The van der Waals surface area contributed by atoms with Crippen LogP contribution < -0.4 is 5.32 Å². The van der Waals surface area contributed by atoms with Crippen LogP contribution in [0.2, 0.25) is 0 Å². The monoisotopic (exact) mass is 384 g/mol. The van der Waals surface area contributed by atoms with E-state index in [9.17, 15) is 26.4 Å². The zero-order valence-corrected chi connectivity index (χ0v) is 14.3. The molecule has 9 heteroatoms. The number of anilines is 1. The quantitative estimate of drug-likeness (QED) is 0.879. The number of fused-ring (bicyclic) bond motifs is 1. The first-order chi connectivity index (χ1) is 12.2. The van der Waals surface area contributed by atoms with Crippen LogP contribution in [0.4, 0.5) is 18.9 Å². The highest BCUT2D eigenvalue weighted by atomic mass is 32.2. The molecule has 1 heterocycles. The molecule has 0 unspecified atom stereocenters. The number of nitrogens with one attached hydrogen (secondary N) is 1. The SMILES string of the molecule is O=C(Nc1ccc(S(=O)(=O)C(F)(F)F)cc1)c1cc2c(cn1)CCCC2. The van der Waals surface area contributed by atoms with Gasteiger partial charge in [-0.05, 0) is 67.1 Å². The molecule has 0 aliphatic heterocycles. The molecule has 0 saturated carbocycles. The predicted molar refractivity (Wildman–Crippen MR) is 88.5 cm³/mol. The number of sulfone groups is 1. The lowest BCUT2D eigenvalue weighted by Gasteiger charge is -2.15. The van der Waals surface area contributed by atoms with E-state index in [1.165, 1.54) is 0 Å². The van der Waals surface area contributed by atoms with Crippen LogP contribution in [0.1, 0.15) is 34.5 Å².